The average Bonchev–Trinajstić information content (AvgIpc) is 2.26. The monoisotopic (exact) mass is 254 g/mol. The van der Waals surface area contributed by atoms with Gasteiger partial charge in [-0.2, -0.15) is 0 Å². The van der Waals surface area contributed by atoms with Crippen molar-refractivity contribution in [1.82, 2.24) is 4.98 Å². The van der Waals surface area contributed by atoms with E-state index in [0.717, 1.165) is 13.1 Å². The lowest BCUT2D eigenvalue weighted by Gasteiger charge is -2.19. The van der Waals surface area contributed by atoms with E-state index in [1.54, 1.807) is 0 Å². The summed E-state index contributed by atoms with van der Waals surface area (Å²) in [5.41, 5.74) is -3.50. The van der Waals surface area contributed by atoms with Gasteiger partial charge in [0.05, 0.1) is 4.92 Å². The van der Waals surface area contributed by atoms with E-state index < -0.39 is 33.7 Å². The van der Waals surface area contributed by atoms with Gasteiger partial charge in [-0.05, 0) is 19.9 Å². The Balaban J connectivity index is 3.68. The molecule has 2 N–H and O–H groups in total. The molecule has 0 aliphatic heterocycles. The van der Waals surface area contributed by atoms with Crippen molar-refractivity contribution in [2.75, 3.05) is 0 Å². The zero-order chi connectivity index (χ0) is 14.1. The van der Waals surface area contributed by atoms with Gasteiger partial charge in [0.15, 0.2) is 0 Å². The predicted molar refractivity (Wildman–Crippen MR) is 58.3 cm³/mol. The van der Waals surface area contributed by atoms with E-state index >= 15 is 0 Å². The van der Waals surface area contributed by atoms with Gasteiger partial charge in [-0.3, -0.25) is 24.7 Å². The molecule has 0 spiro atoms. The van der Waals surface area contributed by atoms with Crippen LogP contribution in [0.25, 0.3) is 0 Å². The van der Waals surface area contributed by atoms with Crippen LogP contribution in [-0.4, -0.2) is 32.1 Å². The van der Waals surface area contributed by atoms with Gasteiger partial charge in [0.1, 0.15) is 5.69 Å². The van der Waals surface area contributed by atoms with Crippen molar-refractivity contribution in [3.63, 3.8) is 0 Å². The summed E-state index contributed by atoms with van der Waals surface area (Å²) in [6, 6.07) is 1.31. The lowest BCUT2D eigenvalue weighted by atomic mass is 9.84. The highest BCUT2D eigenvalue weighted by Crippen LogP contribution is 2.32. The summed E-state index contributed by atoms with van der Waals surface area (Å²) in [5.74, 6) is -3.42. The first-order valence-electron chi connectivity index (χ1n) is 4.80. The Hall–Kier alpha value is -2.51. The molecular weight excluding hydrogens is 244 g/mol. The van der Waals surface area contributed by atoms with Crippen molar-refractivity contribution in [2.45, 2.75) is 19.3 Å². The lowest BCUT2D eigenvalue weighted by molar-refractivity contribution is -0.386. The Morgan fingerprint density at radius 1 is 1.39 bits per heavy atom. The molecule has 1 rings (SSSR count). The quantitative estimate of drug-likeness (QED) is 0.459. The minimum atomic E-state index is -2.46. The SMILES string of the molecule is Cc1ccnc(C(C)(C(=O)O)C(=O)O)c1[N+](=O)[O-]. The molecule has 1 heterocycles. The lowest BCUT2D eigenvalue weighted by Crippen LogP contribution is -2.42. The molecule has 1 aromatic rings. The second-order valence-corrected chi connectivity index (χ2v) is 3.82. The first kappa shape index (κ1) is 13.6. The molecule has 96 valence electrons. The van der Waals surface area contributed by atoms with E-state index in [1.807, 2.05) is 0 Å². The van der Waals surface area contributed by atoms with Crippen LogP contribution in [-0.2, 0) is 15.0 Å². The summed E-state index contributed by atoms with van der Waals surface area (Å²) in [7, 11) is 0. The second-order valence-electron chi connectivity index (χ2n) is 3.82. The van der Waals surface area contributed by atoms with Gasteiger partial charge >= 0.3 is 11.9 Å². The third kappa shape index (κ3) is 1.88. The zero-order valence-electron chi connectivity index (χ0n) is 9.58. The molecular formula is C10H10N2O6. The number of nitrogens with zero attached hydrogens (tertiary/aromatic N) is 2. The van der Waals surface area contributed by atoms with Crippen LogP contribution in [0.5, 0.6) is 0 Å². The molecule has 0 aliphatic rings. The van der Waals surface area contributed by atoms with Crippen molar-refractivity contribution in [1.29, 1.82) is 0 Å². The highest BCUT2D eigenvalue weighted by molar-refractivity contribution is 6.04. The molecule has 8 heteroatoms. The molecule has 0 atom stereocenters. The van der Waals surface area contributed by atoms with Crippen LogP contribution in [0.4, 0.5) is 5.69 Å². The number of hydrogen-bond donors (Lipinski definition) is 2. The molecule has 0 bridgehead atoms. The van der Waals surface area contributed by atoms with Crippen molar-refractivity contribution in [2.24, 2.45) is 0 Å². The number of aliphatic carboxylic acids is 2. The van der Waals surface area contributed by atoms with Crippen LogP contribution in [0.3, 0.4) is 0 Å². The van der Waals surface area contributed by atoms with Crippen LogP contribution in [0.1, 0.15) is 18.2 Å². The molecule has 8 nitrogen and oxygen atoms in total. The van der Waals surface area contributed by atoms with Crippen LogP contribution < -0.4 is 0 Å². The van der Waals surface area contributed by atoms with Crippen LogP contribution >= 0.6 is 0 Å². The van der Waals surface area contributed by atoms with Crippen molar-refractivity contribution in [3.05, 3.63) is 33.6 Å². The molecule has 0 unspecified atom stereocenters. The van der Waals surface area contributed by atoms with Crippen molar-refractivity contribution < 1.29 is 24.7 Å². The number of aromatic nitrogens is 1. The first-order chi connectivity index (χ1) is 8.22. The summed E-state index contributed by atoms with van der Waals surface area (Å²) in [6.45, 7) is 2.25. The summed E-state index contributed by atoms with van der Waals surface area (Å²) >= 11 is 0. The fraction of sp³-hybridized carbons (Fsp3) is 0.300. The van der Waals surface area contributed by atoms with Crippen LogP contribution in [0.15, 0.2) is 12.3 Å². The van der Waals surface area contributed by atoms with E-state index in [2.05, 4.69) is 4.98 Å². The first-order valence-corrected chi connectivity index (χ1v) is 4.80. The number of carboxylic acid groups (broad SMARTS) is 2. The highest BCUT2D eigenvalue weighted by Gasteiger charge is 2.49. The maximum absolute atomic E-state index is 11.1. The largest absolute Gasteiger partial charge is 0.480 e. The number of pyridine rings is 1. The standard InChI is InChI=1S/C10H10N2O6/c1-5-3-4-11-7(6(5)12(17)18)10(2,8(13)14)9(15)16/h3-4H,1-2H3,(H,13,14)(H,15,16). The maximum atomic E-state index is 11.1. The highest BCUT2D eigenvalue weighted by atomic mass is 16.6. The van der Waals surface area contributed by atoms with Gasteiger partial charge in [-0.1, -0.05) is 0 Å². The van der Waals surface area contributed by atoms with Crippen LogP contribution in [0, 0.1) is 17.0 Å². The normalized spacial score (nSPS) is 11.0. The smallest absolute Gasteiger partial charge is 0.327 e. The topological polar surface area (TPSA) is 131 Å². The fourth-order valence-electron chi connectivity index (χ4n) is 1.44. The fourth-order valence-corrected chi connectivity index (χ4v) is 1.44. The second kappa shape index (κ2) is 4.40. The maximum Gasteiger partial charge on any atom is 0.327 e. The summed E-state index contributed by atoms with van der Waals surface area (Å²) in [4.78, 5) is 35.9. The molecule has 0 saturated heterocycles. The molecule has 0 aliphatic carbocycles. The predicted octanol–water partition coefficient (Wildman–Crippen LogP) is 0.725. The molecule has 0 aromatic carbocycles. The van der Waals surface area contributed by atoms with E-state index in [0.29, 0.717) is 0 Å². The third-order valence-corrected chi connectivity index (χ3v) is 2.64. The summed E-state index contributed by atoms with van der Waals surface area (Å²) in [5, 5.41) is 28.9. The van der Waals surface area contributed by atoms with E-state index in [9.17, 15) is 19.7 Å². The van der Waals surface area contributed by atoms with E-state index in [1.165, 1.54) is 13.0 Å². The van der Waals surface area contributed by atoms with Gasteiger partial charge in [0.25, 0.3) is 5.69 Å². The van der Waals surface area contributed by atoms with Gasteiger partial charge < -0.3 is 10.2 Å². The van der Waals surface area contributed by atoms with Gasteiger partial charge in [0, 0.05) is 11.8 Å². The molecule has 0 amide bonds. The van der Waals surface area contributed by atoms with Gasteiger partial charge in [-0.25, -0.2) is 0 Å². The molecule has 0 radical (unpaired) electrons. The number of nitro groups is 1. The zero-order valence-corrected chi connectivity index (χ0v) is 9.58. The minimum Gasteiger partial charge on any atom is -0.480 e. The third-order valence-electron chi connectivity index (χ3n) is 2.64. The minimum absolute atomic E-state index is 0.152. The molecule has 18 heavy (non-hydrogen) atoms. The summed E-state index contributed by atoms with van der Waals surface area (Å²) < 4.78 is 0. The van der Waals surface area contributed by atoms with E-state index in [4.69, 9.17) is 10.2 Å². The Morgan fingerprint density at radius 2 is 1.89 bits per heavy atom. The Morgan fingerprint density at radius 3 is 2.28 bits per heavy atom. The van der Waals surface area contributed by atoms with E-state index in [-0.39, 0.29) is 5.56 Å². The van der Waals surface area contributed by atoms with Crippen LogP contribution in [0.2, 0.25) is 0 Å². The molecule has 0 fully saturated rings. The average molecular weight is 254 g/mol. The number of carboxylic acids is 2. The Kier molecular flexibility index (Phi) is 3.31. The Labute approximate surface area is 101 Å². The number of hydrogen-bond acceptors (Lipinski definition) is 5. The number of aryl methyl sites for hydroxylation is 1. The summed E-state index contributed by atoms with van der Waals surface area (Å²) in [6.07, 6.45) is 1.14. The molecule has 0 saturated carbocycles. The Bertz CT molecular complexity index is 525. The molecule has 1 aromatic heterocycles. The van der Waals surface area contributed by atoms with Crippen molar-refractivity contribution in [3.8, 4) is 0 Å². The van der Waals surface area contributed by atoms with Crippen molar-refractivity contribution >= 4 is 17.6 Å². The van der Waals surface area contributed by atoms with Gasteiger partial charge in [0.2, 0.25) is 5.41 Å². The number of carbonyl (C=O) groups is 2. The number of rotatable bonds is 4. The van der Waals surface area contributed by atoms with Gasteiger partial charge in [-0.15, -0.1) is 0 Å².